The van der Waals surface area contributed by atoms with Crippen LogP contribution >= 0.6 is 0 Å². The molecule has 1 aromatic heterocycles. The zero-order chi connectivity index (χ0) is 22.3. The van der Waals surface area contributed by atoms with Crippen molar-refractivity contribution >= 4 is 29.2 Å². The van der Waals surface area contributed by atoms with Crippen LogP contribution in [0.25, 0.3) is 11.4 Å². The van der Waals surface area contributed by atoms with Gasteiger partial charge in [-0.3, -0.25) is 9.79 Å². The largest absolute Gasteiger partial charge is 0.324 e. The van der Waals surface area contributed by atoms with Crippen LogP contribution in [0.2, 0.25) is 0 Å². The minimum absolute atomic E-state index is 0.257. The fraction of sp³-hybridized carbons (Fsp3) is 0.240. The van der Waals surface area contributed by atoms with Crippen molar-refractivity contribution < 1.29 is 4.79 Å². The Morgan fingerprint density at radius 1 is 0.938 bits per heavy atom. The van der Waals surface area contributed by atoms with E-state index in [0.29, 0.717) is 37.1 Å². The third-order valence-corrected chi connectivity index (χ3v) is 4.93. The van der Waals surface area contributed by atoms with Crippen molar-refractivity contribution in [1.82, 2.24) is 15.0 Å². The van der Waals surface area contributed by atoms with Gasteiger partial charge in [0.1, 0.15) is 11.6 Å². The van der Waals surface area contributed by atoms with Gasteiger partial charge in [-0.25, -0.2) is 0 Å². The van der Waals surface area contributed by atoms with E-state index < -0.39 is 0 Å². The number of anilines is 3. The lowest BCUT2D eigenvalue weighted by molar-refractivity contribution is -0.118. The third kappa shape index (κ3) is 5.63. The first kappa shape index (κ1) is 21.4. The second kappa shape index (κ2) is 9.96. The molecule has 1 aliphatic heterocycles. The number of carbonyl (C=O) groups excluding carboxylic acids is 1. The minimum atomic E-state index is 0.257. The predicted molar refractivity (Wildman–Crippen MR) is 128 cm³/mol. The third-order valence-electron chi connectivity index (χ3n) is 4.93. The lowest BCUT2D eigenvalue weighted by Crippen LogP contribution is -2.12. The van der Waals surface area contributed by atoms with Crippen molar-refractivity contribution in [2.75, 3.05) is 17.2 Å². The van der Waals surface area contributed by atoms with Crippen LogP contribution < -0.4 is 10.6 Å². The molecule has 0 fully saturated rings. The highest BCUT2D eigenvalue weighted by Crippen LogP contribution is 2.21. The van der Waals surface area contributed by atoms with E-state index in [2.05, 4.69) is 30.6 Å². The molecule has 2 heterocycles. The molecule has 162 valence electrons. The van der Waals surface area contributed by atoms with Crippen molar-refractivity contribution in [1.29, 1.82) is 0 Å². The SMILES string of the molecule is CCCC(=O)Cc1ccc(Nc2nc(NC3=NCC(C)=C3)nc(-c3ccccc3)n2)cc1. The van der Waals surface area contributed by atoms with Gasteiger partial charge in [0.25, 0.3) is 0 Å². The molecule has 32 heavy (non-hydrogen) atoms. The quantitative estimate of drug-likeness (QED) is 0.529. The number of rotatable bonds is 8. The number of Topliss-reactive ketones (excluding diaryl/α,β-unsaturated/α-hetero) is 1. The Morgan fingerprint density at radius 2 is 1.66 bits per heavy atom. The van der Waals surface area contributed by atoms with Gasteiger partial charge >= 0.3 is 0 Å². The van der Waals surface area contributed by atoms with Gasteiger partial charge < -0.3 is 10.6 Å². The standard InChI is InChI=1S/C25H26N6O/c1-3-7-21(32)15-18-10-12-20(13-11-18)27-24-29-23(19-8-5-4-6-9-19)30-25(31-24)28-22-14-17(2)16-26-22/h4-6,8-14H,3,7,15-16H2,1-2H3,(H2,26,27,28,29,30,31). The second-order valence-corrected chi connectivity index (χ2v) is 7.78. The summed E-state index contributed by atoms with van der Waals surface area (Å²) < 4.78 is 0. The average Bonchev–Trinajstić information content (AvgIpc) is 3.20. The van der Waals surface area contributed by atoms with E-state index in [1.807, 2.05) is 74.5 Å². The van der Waals surface area contributed by atoms with Crippen LogP contribution in [0.15, 0.2) is 71.2 Å². The number of nitrogens with one attached hydrogen (secondary N) is 2. The summed E-state index contributed by atoms with van der Waals surface area (Å²) in [5.74, 6) is 2.41. The number of amidine groups is 1. The summed E-state index contributed by atoms with van der Waals surface area (Å²) in [5.41, 5.74) is 3.91. The molecule has 3 aromatic rings. The number of ketones is 1. The molecule has 0 saturated carbocycles. The van der Waals surface area contributed by atoms with Crippen LogP contribution in [-0.2, 0) is 11.2 Å². The number of aromatic nitrogens is 3. The molecule has 0 radical (unpaired) electrons. The highest BCUT2D eigenvalue weighted by atomic mass is 16.1. The van der Waals surface area contributed by atoms with Crippen molar-refractivity contribution in [2.24, 2.45) is 4.99 Å². The Balaban J connectivity index is 1.57. The van der Waals surface area contributed by atoms with Crippen LogP contribution in [-0.4, -0.2) is 33.1 Å². The van der Waals surface area contributed by atoms with E-state index in [1.54, 1.807) is 0 Å². The molecule has 4 rings (SSSR count). The van der Waals surface area contributed by atoms with Crippen molar-refractivity contribution in [3.8, 4) is 11.4 Å². The van der Waals surface area contributed by atoms with E-state index in [-0.39, 0.29) is 5.78 Å². The van der Waals surface area contributed by atoms with Gasteiger partial charge in [-0.1, -0.05) is 49.4 Å². The van der Waals surface area contributed by atoms with E-state index >= 15 is 0 Å². The lowest BCUT2D eigenvalue weighted by Gasteiger charge is -2.10. The molecule has 7 heteroatoms. The highest BCUT2D eigenvalue weighted by Gasteiger charge is 2.12. The van der Waals surface area contributed by atoms with Gasteiger partial charge in [-0.05, 0) is 42.7 Å². The molecular formula is C25H26N6O. The molecule has 0 unspecified atom stereocenters. The maximum atomic E-state index is 11.9. The van der Waals surface area contributed by atoms with E-state index in [0.717, 1.165) is 29.1 Å². The van der Waals surface area contributed by atoms with E-state index in [1.165, 1.54) is 5.57 Å². The Kier molecular flexibility index (Phi) is 6.65. The van der Waals surface area contributed by atoms with Crippen LogP contribution in [0.5, 0.6) is 0 Å². The first-order valence-corrected chi connectivity index (χ1v) is 10.8. The topological polar surface area (TPSA) is 92.2 Å². The van der Waals surface area contributed by atoms with Gasteiger partial charge in [-0.2, -0.15) is 15.0 Å². The summed E-state index contributed by atoms with van der Waals surface area (Å²) in [6.45, 7) is 4.73. The van der Waals surface area contributed by atoms with Crippen LogP contribution in [0.3, 0.4) is 0 Å². The maximum Gasteiger partial charge on any atom is 0.233 e. The summed E-state index contributed by atoms with van der Waals surface area (Å²) in [6.07, 6.45) is 3.93. The summed E-state index contributed by atoms with van der Waals surface area (Å²) in [6, 6.07) is 17.5. The molecule has 2 N–H and O–H groups in total. The fourth-order valence-electron chi connectivity index (χ4n) is 3.36. The maximum absolute atomic E-state index is 11.9. The molecule has 0 aliphatic carbocycles. The molecule has 1 aliphatic rings. The highest BCUT2D eigenvalue weighted by molar-refractivity contribution is 6.04. The molecule has 7 nitrogen and oxygen atoms in total. The van der Waals surface area contributed by atoms with Crippen LogP contribution in [0.1, 0.15) is 32.3 Å². The van der Waals surface area contributed by atoms with Crippen LogP contribution in [0.4, 0.5) is 17.6 Å². The summed E-state index contributed by atoms with van der Waals surface area (Å²) in [7, 11) is 0. The molecule has 0 atom stereocenters. The Bertz CT molecular complexity index is 1150. The predicted octanol–water partition coefficient (Wildman–Crippen LogP) is 4.96. The fourth-order valence-corrected chi connectivity index (χ4v) is 3.36. The van der Waals surface area contributed by atoms with E-state index in [4.69, 9.17) is 0 Å². The monoisotopic (exact) mass is 426 g/mol. The second-order valence-electron chi connectivity index (χ2n) is 7.78. The first-order valence-electron chi connectivity index (χ1n) is 10.8. The number of hydrogen-bond acceptors (Lipinski definition) is 7. The summed E-state index contributed by atoms with van der Waals surface area (Å²) in [4.78, 5) is 30.0. The number of nitrogens with zero attached hydrogens (tertiary/aromatic N) is 4. The van der Waals surface area contributed by atoms with Crippen molar-refractivity contribution in [3.63, 3.8) is 0 Å². The van der Waals surface area contributed by atoms with Gasteiger partial charge in [0.05, 0.1) is 6.54 Å². The van der Waals surface area contributed by atoms with Gasteiger partial charge in [0, 0.05) is 24.1 Å². The smallest absolute Gasteiger partial charge is 0.233 e. The van der Waals surface area contributed by atoms with E-state index in [9.17, 15) is 4.79 Å². The number of carbonyl (C=O) groups is 1. The lowest BCUT2D eigenvalue weighted by atomic mass is 10.1. The zero-order valence-corrected chi connectivity index (χ0v) is 18.3. The van der Waals surface area contributed by atoms with Gasteiger partial charge in [-0.15, -0.1) is 0 Å². The molecule has 0 saturated heterocycles. The Labute approximate surface area is 187 Å². The first-order chi connectivity index (χ1) is 15.6. The van der Waals surface area contributed by atoms with Crippen molar-refractivity contribution in [3.05, 3.63) is 71.8 Å². The summed E-state index contributed by atoms with van der Waals surface area (Å²) >= 11 is 0. The Morgan fingerprint density at radius 3 is 2.31 bits per heavy atom. The van der Waals surface area contributed by atoms with Crippen molar-refractivity contribution in [2.45, 2.75) is 33.1 Å². The van der Waals surface area contributed by atoms with Crippen LogP contribution in [0, 0.1) is 0 Å². The number of hydrogen-bond donors (Lipinski definition) is 2. The van der Waals surface area contributed by atoms with Gasteiger partial charge in [0.2, 0.25) is 11.9 Å². The Hall–Kier alpha value is -3.87. The molecule has 0 bridgehead atoms. The zero-order valence-electron chi connectivity index (χ0n) is 18.3. The normalized spacial score (nSPS) is 12.8. The molecular weight excluding hydrogens is 400 g/mol. The minimum Gasteiger partial charge on any atom is -0.324 e. The molecule has 0 amide bonds. The number of benzene rings is 2. The summed E-state index contributed by atoms with van der Waals surface area (Å²) in [5, 5.41) is 6.44. The number of aliphatic imine (C=N–C) groups is 1. The average molecular weight is 427 g/mol. The molecule has 0 spiro atoms. The molecule has 2 aromatic carbocycles. The van der Waals surface area contributed by atoms with Gasteiger partial charge in [0.15, 0.2) is 5.82 Å².